The van der Waals surface area contributed by atoms with Gasteiger partial charge in [-0.1, -0.05) is 19.1 Å². The Labute approximate surface area is 260 Å². The van der Waals surface area contributed by atoms with Crippen LogP contribution in [0.1, 0.15) is 47.3 Å². The lowest BCUT2D eigenvalue weighted by Crippen LogP contribution is -2.36. The van der Waals surface area contributed by atoms with Crippen molar-refractivity contribution < 1.29 is 49.0 Å². The van der Waals surface area contributed by atoms with Gasteiger partial charge in [0.05, 0.1) is 59.5 Å². The Morgan fingerprint density at radius 3 is 2.28 bits per heavy atom. The van der Waals surface area contributed by atoms with E-state index in [1.165, 1.54) is 54.4 Å². The number of carbonyl (C=O) groups is 1. The molecule has 1 unspecified atom stereocenters. The molecule has 16 heteroatoms. The summed E-state index contributed by atoms with van der Waals surface area (Å²) < 4.78 is 111. The second-order valence-electron chi connectivity index (χ2n) is 10.3. The van der Waals surface area contributed by atoms with Gasteiger partial charge in [-0.25, -0.2) is 13.4 Å². The Morgan fingerprint density at radius 1 is 1.07 bits per heavy atom. The maximum absolute atomic E-state index is 13.0. The van der Waals surface area contributed by atoms with E-state index in [1.807, 2.05) is 6.07 Å². The quantitative estimate of drug-likeness (QED) is 0.253. The third kappa shape index (κ3) is 8.88. The van der Waals surface area contributed by atoms with E-state index in [4.69, 9.17) is 4.74 Å². The van der Waals surface area contributed by atoms with Crippen LogP contribution in [0.3, 0.4) is 0 Å². The van der Waals surface area contributed by atoms with Gasteiger partial charge in [-0.3, -0.25) is 9.53 Å². The number of nitriles is 1. The van der Waals surface area contributed by atoms with E-state index < -0.39 is 58.6 Å². The third-order valence-electron chi connectivity index (χ3n) is 7.23. The van der Waals surface area contributed by atoms with Crippen molar-refractivity contribution in [3.63, 3.8) is 0 Å². The molecule has 9 nitrogen and oxygen atoms in total. The number of alkyl halides is 6. The average Bonchev–Trinajstić information content (AvgIpc) is 3.42. The first-order chi connectivity index (χ1) is 21.6. The number of rotatable bonds is 11. The van der Waals surface area contributed by atoms with Gasteiger partial charge in [0.2, 0.25) is 0 Å². The maximum atomic E-state index is 13.0. The van der Waals surface area contributed by atoms with Gasteiger partial charge in [-0.05, 0) is 54.1 Å². The fraction of sp³-hybridized carbons (Fsp3) is 0.367. The van der Waals surface area contributed by atoms with Crippen molar-refractivity contribution in [1.82, 2.24) is 10.3 Å². The van der Waals surface area contributed by atoms with Crippen LogP contribution in [0.2, 0.25) is 0 Å². The van der Waals surface area contributed by atoms with Crippen molar-refractivity contribution in [3.8, 4) is 11.8 Å². The Balaban J connectivity index is 1.47. The number of halogens is 6. The minimum atomic E-state index is -4.90. The molecule has 4 rings (SSSR count). The van der Waals surface area contributed by atoms with Gasteiger partial charge in [0.1, 0.15) is 17.7 Å². The lowest BCUT2D eigenvalue weighted by atomic mass is 10.0. The fourth-order valence-corrected chi connectivity index (χ4v) is 5.74. The first-order valence-corrected chi connectivity index (χ1v) is 15.5. The molecule has 3 aromatic rings. The molecule has 0 aliphatic carbocycles. The van der Waals surface area contributed by atoms with E-state index in [2.05, 4.69) is 15.0 Å². The molecular weight excluding hydrogens is 642 g/mol. The second-order valence-corrected chi connectivity index (χ2v) is 12.6. The molecule has 1 fully saturated rings. The number of anilines is 1. The van der Waals surface area contributed by atoms with Crippen molar-refractivity contribution in [1.29, 1.82) is 5.26 Å². The monoisotopic (exact) mass is 670 g/mol. The lowest BCUT2D eigenvalue weighted by molar-refractivity contribution is -0.325. The zero-order chi connectivity index (χ0) is 33.7. The Morgan fingerprint density at radius 2 is 1.74 bits per heavy atom. The molecule has 2 heterocycles. The molecule has 3 atom stereocenters. The summed E-state index contributed by atoms with van der Waals surface area (Å²) in [6.07, 6.45) is -9.04. The predicted octanol–water partition coefficient (Wildman–Crippen LogP) is 5.84. The highest BCUT2D eigenvalue weighted by Crippen LogP contribution is 2.33. The molecule has 1 aliphatic rings. The summed E-state index contributed by atoms with van der Waals surface area (Å²) in [6.45, 7) is 0.769. The maximum Gasteiger partial charge on any atom is 0.522 e. The highest BCUT2D eigenvalue weighted by molar-refractivity contribution is 7.91. The topological polar surface area (TPSA) is 122 Å². The SMILES string of the molecule is CCS(=O)(=O)c1ccc([C@H](CC#N)NC(=O)c2ccc(N3CC(Oc4ccc(C(F)(F)F)cc4)C[C@H]3COC(F)(F)F)nc2)cc1. The number of nitrogens with one attached hydrogen (secondary N) is 1. The van der Waals surface area contributed by atoms with Crippen molar-refractivity contribution in [3.05, 3.63) is 83.6 Å². The minimum absolute atomic E-state index is 0.0272. The number of benzene rings is 2. The normalized spacial score (nSPS) is 17.7. The molecule has 46 heavy (non-hydrogen) atoms. The molecule has 1 aliphatic heterocycles. The Hall–Kier alpha value is -4.36. The van der Waals surface area contributed by atoms with Gasteiger partial charge in [0.15, 0.2) is 9.84 Å². The van der Waals surface area contributed by atoms with Crippen LogP contribution in [0.4, 0.5) is 32.2 Å². The van der Waals surface area contributed by atoms with E-state index in [0.717, 1.165) is 24.3 Å². The van der Waals surface area contributed by atoms with Crippen LogP contribution in [0, 0.1) is 11.3 Å². The summed E-state index contributed by atoms with van der Waals surface area (Å²) >= 11 is 0. The van der Waals surface area contributed by atoms with Crippen LogP contribution in [0.15, 0.2) is 71.8 Å². The molecule has 1 N–H and O–H groups in total. The fourth-order valence-electron chi connectivity index (χ4n) is 4.85. The first-order valence-electron chi connectivity index (χ1n) is 13.9. The zero-order valence-electron chi connectivity index (χ0n) is 24.2. The molecule has 2 aromatic carbocycles. The third-order valence-corrected chi connectivity index (χ3v) is 8.98. The van der Waals surface area contributed by atoms with E-state index in [-0.39, 0.29) is 47.2 Å². The number of amides is 1. The van der Waals surface area contributed by atoms with Crippen LogP contribution in [-0.2, 0) is 20.8 Å². The summed E-state index contributed by atoms with van der Waals surface area (Å²) in [5, 5.41) is 12.0. The van der Waals surface area contributed by atoms with Gasteiger partial charge in [-0.2, -0.15) is 18.4 Å². The molecule has 1 amide bonds. The van der Waals surface area contributed by atoms with Crippen LogP contribution in [0.25, 0.3) is 0 Å². The van der Waals surface area contributed by atoms with Gasteiger partial charge >= 0.3 is 12.5 Å². The van der Waals surface area contributed by atoms with E-state index in [9.17, 15) is 44.8 Å². The van der Waals surface area contributed by atoms with Crippen LogP contribution in [-0.4, -0.2) is 56.7 Å². The lowest BCUT2D eigenvalue weighted by Gasteiger charge is -2.25. The van der Waals surface area contributed by atoms with E-state index >= 15 is 0 Å². The number of ether oxygens (including phenoxy) is 2. The van der Waals surface area contributed by atoms with Gasteiger partial charge in [0, 0.05) is 12.6 Å². The van der Waals surface area contributed by atoms with Crippen molar-refractivity contribution in [2.24, 2.45) is 0 Å². The number of carbonyl (C=O) groups excluding carboxylic acids is 1. The molecule has 0 saturated carbocycles. The number of aromatic nitrogens is 1. The molecule has 0 bridgehead atoms. The molecule has 1 saturated heterocycles. The van der Waals surface area contributed by atoms with E-state index in [1.54, 1.807) is 0 Å². The van der Waals surface area contributed by atoms with Crippen molar-refractivity contribution >= 4 is 21.6 Å². The number of hydrogen-bond donors (Lipinski definition) is 1. The van der Waals surface area contributed by atoms with Crippen LogP contribution in [0.5, 0.6) is 5.75 Å². The number of nitrogens with zero attached hydrogens (tertiary/aromatic N) is 3. The number of hydrogen-bond acceptors (Lipinski definition) is 8. The summed E-state index contributed by atoms with van der Waals surface area (Å²) in [5.41, 5.74) is -0.299. The summed E-state index contributed by atoms with van der Waals surface area (Å²) in [4.78, 5) is 18.9. The molecular formula is C30H28F6N4O5S. The highest BCUT2D eigenvalue weighted by atomic mass is 32.2. The molecule has 1 aromatic heterocycles. The van der Waals surface area contributed by atoms with Crippen molar-refractivity contribution in [2.45, 2.75) is 55.4 Å². The van der Waals surface area contributed by atoms with Crippen LogP contribution < -0.4 is 15.0 Å². The molecule has 246 valence electrons. The number of sulfone groups is 1. The average molecular weight is 671 g/mol. The largest absolute Gasteiger partial charge is 0.522 e. The molecule has 0 spiro atoms. The van der Waals surface area contributed by atoms with Crippen molar-refractivity contribution in [2.75, 3.05) is 23.8 Å². The smallest absolute Gasteiger partial charge is 0.489 e. The molecule has 0 radical (unpaired) electrons. The summed E-state index contributed by atoms with van der Waals surface area (Å²) in [6, 6.07) is 12.9. The summed E-state index contributed by atoms with van der Waals surface area (Å²) in [5.74, 6) is -0.393. The number of pyridine rings is 1. The standard InChI is InChI=1S/C30H28F6N4O5S/c1-2-46(42,43)25-10-3-19(4-11-25)26(13-14-37)39-28(41)20-5-12-27(38-16-20)40-17-24(15-22(40)18-44-30(34,35)36)45-23-8-6-21(7-9-23)29(31,32)33/h3-12,16,22,24,26H,2,13,15,17-18H2,1H3,(H,39,41)/t22-,24?,26-/m0/s1. The zero-order valence-corrected chi connectivity index (χ0v) is 25.0. The second kappa shape index (κ2) is 14.0. The van der Waals surface area contributed by atoms with E-state index in [0.29, 0.717) is 5.56 Å². The van der Waals surface area contributed by atoms with Gasteiger partial charge in [-0.15, -0.1) is 13.2 Å². The first kappa shape index (κ1) is 34.5. The Bertz CT molecular complexity index is 1640. The van der Waals surface area contributed by atoms with Crippen LogP contribution >= 0.6 is 0 Å². The Kier molecular flexibility index (Phi) is 10.5. The highest BCUT2D eigenvalue weighted by Gasteiger charge is 2.39. The minimum Gasteiger partial charge on any atom is -0.489 e. The van der Waals surface area contributed by atoms with Gasteiger partial charge < -0.3 is 15.0 Å². The van der Waals surface area contributed by atoms with Gasteiger partial charge in [0.25, 0.3) is 5.91 Å². The predicted molar refractivity (Wildman–Crippen MR) is 152 cm³/mol. The summed E-state index contributed by atoms with van der Waals surface area (Å²) in [7, 11) is -3.44.